The van der Waals surface area contributed by atoms with E-state index in [0.29, 0.717) is 6.04 Å². The molecule has 6 nitrogen and oxygen atoms in total. The van der Waals surface area contributed by atoms with E-state index < -0.39 is 5.97 Å². The van der Waals surface area contributed by atoms with Gasteiger partial charge in [-0.25, -0.2) is 9.48 Å². The van der Waals surface area contributed by atoms with Gasteiger partial charge in [0.05, 0.1) is 19.3 Å². The van der Waals surface area contributed by atoms with Crippen LogP contribution in [-0.4, -0.2) is 41.2 Å². The third kappa shape index (κ3) is 1.60. The molecule has 1 saturated heterocycles. The van der Waals surface area contributed by atoms with Crippen LogP contribution >= 0.6 is 0 Å². The molecule has 0 saturated carbocycles. The molecule has 1 unspecified atom stereocenters. The number of nitrogens with zero attached hydrogens (tertiary/aromatic N) is 3. The lowest BCUT2D eigenvalue weighted by Crippen LogP contribution is -2.13. The van der Waals surface area contributed by atoms with Crippen molar-refractivity contribution in [3.05, 3.63) is 11.9 Å². The van der Waals surface area contributed by atoms with Crippen molar-refractivity contribution in [2.45, 2.75) is 12.5 Å². The number of ether oxygens (including phenoxy) is 1. The number of nitrogens with one attached hydrogen (secondary N) is 1. The summed E-state index contributed by atoms with van der Waals surface area (Å²) in [6.07, 6.45) is 2.65. The van der Waals surface area contributed by atoms with Crippen LogP contribution in [0.2, 0.25) is 0 Å². The van der Waals surface area contributed by atoms with E-state index in [2.05, 4.69) is 20.4 Å². The summed E-state index contributed by atoms with van der Waals surface area (Å²) in [6.45, 7) is 1.86. The minimum atomic E-state index is -0.442. The number of carbonyl (C=O) groups is 1. The van der Waals surface area contributed by atoms with Gasteiger partial charge >= 0.3 is 5.97 Å². The second-order valence-electron chi connectivity index (χ2n) is 3.22. The van der Waals surface area contributed by atoms with Crippen LogP contribution in [0.5, 0.6) is 0 Å². The Kier molecular flexibility index (Phi) is 2.45. The normalized spacial score (nSPS) is 21.1. The maximum atomic E-state index is 11.1. The van der Waals surface area contributed by atoms with Gasteiger partial charge in [-0.15, -0.1) is 5.10 Å². The van der Waals surface area contributed by atoms with Crippen LogP contribution in [0, 0.1) is 0 Å². The van der Waals surface area contributed by atoms with Crippen molar-refractivity contribution in [1.82, 2.24) is 20.3 Å². The molecule has 0 bridgehead atoms. The van der Waals surface area contributed by atoms with Crippen LogP contribution in [0.1, 0.15) is 23.0 Å². The topological polar surface area (TPSA) is 69.0 Å². The van der Waals surface area contributed by atoms with Gasteiger partial charge in [-0.3, -0.25) is 0 Å². The molecular weight excluding hydrogens is 184 g/mol. The van der Waals surface area contributed by atoms with Gasteiger partial charge in [-0.1, -0.05) is 5.21 Å². The first kappa shape index (κ1) is 9.14. The zero-order valence-electron chi connectivity index (χ0n) is 7.93. The minimum absolute atomic E-state index is 0.263. The van der Waals surface area contributed by atoms with Crippen LogP contribution in [-0.2, 0) is 4.74 Å². The number of carbonyl (C=O) groups excluding carboxylic acids is 1. The fraction of sp³-hybridized carbons (Fsp3) is 0.625. The van der Waals surface area contributed by atoms with Crippen LogP contribution in [0.25, 0.3) is 0 Å². The van der Waals surface area contributed by atoms with Gasteiger partial charge in [0.15, 0.2) is 5.69 Å². The van der Waals surface area contributed by atoms with Crippen LogP contribution in [0.4, 0.5) is 0 Å². The number of hydrogen-bond acceptors (Lipinski definition) is 5. The maximum Gasteiger partial charge on any atom is 0.360 e. The molecule has 0 spiro atoms. The van der Waals surface area contributed by atoms with Crippen LogP contribution < -0.4 is 5.32 Å². The molecule has 1 N–H and O–H groups in total. The predicted molar refractivity (Wildman–Crippen MR) is 47.9 cm³/mol. The molecule has 0 radical (unpaired) electrons. The monoisotopic (exact) mass is 196 g/mol. The third-order valence-corrected chi connectivity index (χ3v) is 2.31. The van der Waals surface area contributed by atoms with Crippen molar-refractivity contribution >= 4 is 5.97 Å². The Morgan fingerprint density at radius 3 is 3.29 bits per heavy atom. The Balaban J connectivity index is 2.12. The van der Waals surface area contributed by atoms with Crippen molar-refractivity contribution < 1.29 is 9.53 Å². The van der Waals surface area contributed by atoms with Crippen molar-refractivity contribution in [2.75, 3.05) is 20.2 Å². The lowest BCUT2D eigenvalue weighted by atomic mass is 10.3. The Morgan fingerprint density at radius 1 is 1.79 bits per heavy atom. The quantitative estimate of drug-likeness (QED) is 0.652. The molecule has 0 aromatic carbocycles. The molecule has 1 aliphatic heterocycles. The van der Waals surface area contributed by atoms with E-state index >= 15 is 0 Å². The van der Waals surface area contributed by atoms with Gasteiger partial charge in [0.25, 0.3) is 0 Å². The Labute approximate surface area is 81.2 Å². The lowest BCUT2D eigenvalue weighted by Gasteiger charge is -2.05. The summed E-state index contributed by atoms with van der Waals surface area (Å²) in [5, 5.41) is 10.9. The van der Waals surface area contributed by atoms with Gasteiger partial charge in [0.1, 0.15) is 0 Å². The molecule has 0 amide bonds. The molecule has 1 aromatic heterocycles. The zero-order chi connectivity index (χ0) is 9.97. The Morgan fingerprint density at radius 2 is 2.64 bits per heavy atom. The number of rotatable bonds is 2. The number of methoxy groups -OCH3 is 1. The Hall–Kier alpha value is -1.43. The van der Waals surface area contributed by atoms with Crippen molar-refractivity contribution in [3.8, 4) is 0 Å². The summed E-state index contributed by atoms with van der Waals surface area (Å²) in [5.41, 5.74) is 0.263. The third-order valence-electron chi connectivity index (χ3n) is 2.31. The number of aromatic nitrogens is 3. The van der Waals surface area contributed by atoms with Gasteiger partial charge < -0.3 is 10.1 Å². The average Bonchev–Trinajstić information content (AvgIpc) is 2.86. The summed E-state index contributed by atoms with van der Waals surface area (Å²) in [4.78, 5) is 11.1. The summed E-state index contributed by atoms with van der Waals surface area (Å²) < 4.78 is 6.26. The van der Waals surface area contributed by atoms with E-state index in [1.54, 1.807) is 10.9 Å². The molecule has 76 valence electrons. The lowest BCUT2D eigenvalue weighted by molar-refractivity contribution is 0.0594. The second-order valence-corrected chi connectivity index (χ2v) is 3.22. The van der Waals surface area contributed by atoms with Crippen molar-refractivity contribution in [1.29, 1.82) is 0 Å². The number of hydrogen-bond donors (Lipinski definition) is 1. The summed E-state index contributed by atoms with van der Waals surface area (Å²) in [5.74, 6) is -0.442. The highest BCUT2D eigenvalue weighted by Crippen LogP contribution is 2.13. The average molecular weight is 196 g/mol. The molecule has 14 heavy (non-hydrogen) atoms. The van der Waals surface area contributed by atoms with Crippen LogP contribution in [0.3, 0.4) is 0 Å². The molecular formula is C8H12N4O2. The highest BCUT2D eigenvalue weighted by molar-refractivity contribution is 5.86. The smallest absolute Gasteiger partial charge is 0.360 e. The van der Waals surface area contributed by atoms with E-state index in [1.807, 2.05) is 0 Å². The number of esters is 1. The first-order chi connectivity index (χ1) is 6.81. The van der Waals surface area contributed by atoms with Gasteiger partial charge in [0, 0.05) is 6.54 Å². The molecule has 6 heteroatoms. The molecule has 2 heterocycles. The molecule has 1 aromatic rings. The summed E-state index contributed by atoms with van der Waals surface area (Å²) >= 11 is 0. The van der Waals surface area contributed by atoms with E-state index in [9.17, 15) is 4.79 Å². The van der Waals surface area contributed by atoms with E-state index in [-0.39, 0.29) is 5.69 Å². The first-order valence-electron chi connectivity index (χ1n) is 4.52. The maximum absolute atomic E-state index is 11.1. The SMILES string of the molecule is COC(=O)c1cn(C2CCNC2)nn1. The fourth-order valence-corrected chi connectivity index (χ4v) is 1.52. The molecule has 1 atom stereocenters. The minimum Gasteiger partial charge on any atom is -0.464 e. The Bertz CT molecular complexity index is 330. The predicted octanol–water partition coefficient (Wildman–Crippen LogP) is -0.401. The second kappa shape index (κ2) is 3.75. The standard InChI is InChI=1S/C8H12N4O2/c1-14-8(13)7-5-12(11-10-7)6-2-3-9-4-6/h5-6,9H,2-4H2,1H3. The molecule has 2 rings (SSSR count). The van der Waals surface area contributed by atoms with Crippen molar-refractivity contribution in [2.24, 2.45) is 0 Å². The van der Waals surface area contributed by atoms with E-state index in [0.717, 1.165) is 19.5 Å². The summed E-state index contributed by atoms with van der Waals surface area (Å²) in [6, 6.07) is 0.306. The molecule has 0 aliphatic carbocycles. The van der Waals surface area contributed by atoms with Gasteiger partial charge in [0.2, 0.25) is 0 Å². The highest BCUT2D eigenvalue weighted by Gasteiger charge is 2.19. The van der Waals surface area contributed by atoms with Crippen molar-refractivity contribution in [3.63, 3.8) is 0 Å². The largest absolute Gasteiger partial charge is 0.464 e. The molecule has 1 aliphatic rings. The van der Waals surface area contributed by atoms with Gasteiger partial charge in [-0.05, 0) is 13.0 Å². The zero-order valence-corrected chi connectivity index (χ0v) is 7.93. The van der Waals surface area contributed by atoms with E-state index in [1.165, 1.54) is 7.11 Å². The molecule has 1 fully saturated rings. The first-order valence-corrected chi connectivity index (χ1v) is 4.52. The highest BCUT2D eigenvalue weighted by atomic mass is 16.5. The summed E-state index contributed by atoms with van der Waals surface area (Å²) in [7, 11) is 1.33. The van der Waals surface area contributed by atoms with E-state index in [4.69, 9.17) is 0 Å². The van der Waals surface area contributed by atoms with Crippen LogP contribution in [0.15, 0.2) is 6.20 Å². The fourth-order valence-electron chi connectivity index (χ4n) is 1.52. The van der Waals surface area contributed by atoms with Gasteiger partial charge in [-0.2, -0.15) is 0 Å².